The second-order valence-electron chi connectivity index (χ2n) is 3.45. The first kappa shape index (κ1) is 12.4. The Bertz CT molecular complexity index is 612. The average Bonchev–Trinajstić information content (AvgIpc) is 2.43. The highest BCUT2D eigenvalue weighted by Crippen LogP contribution is 2.15. The predicted molar refractivity (Wildman–Crippen MR) is 64.7 cm³/mol. The molecular weight excluding hydrogens is 257 g/mol. The van der Waals surface area contributed by atoms with Crippen LogP contribution in [0.4, 0.5) is 4.39 Å². The molecule has 0 radical (unpaired) electrons. The normalized spacial score (nSPS) is 9.94. The molecule has 0 saturated carbocycles. The quantitative estimate of drug-likeness (QED) is 0.860. The Hall–Kier alpha value is -2.08. The van der Waals surface area contributed by atoms with Gasteiger partial charge in [-0.1, -0.05) is 11.6 Å². The van der Waals surface area contributed by atoms with Crippen molar-refractivity contribution in [3.63, 3.8) is 0 Å². The Morgan fingerprint density at radius 1 is 1.28 bits per heavy atom. The van der Waals surface area contributed by atoms with Crippen molar-refractivity contribution in [1.82, 2.24) is 25.1 Å². The summed E-state index contributed by atoms with van der Waals surface area (Å²) in [6.45, 7) is 1.75. The van der Waals surface area contributed by atoms with E-state index in [1.165, 1.54) is 24.8 Å². The van der Waals surface area contributed by atoms with Crippen LogP contribution in [0.5, 0.6) is 0 Å². The molecule has 18 heavy (non-hydrogen) atoms. The van der Waals surface area contributed by atoms with Gasteiger partial charge in [-0.2, -0.15) is 5.10 Å². The van der Waals surface area contributed by atoms with E-state index in [1.54, 1.807) is 6.92 Å². The van der Waals surface area contributed by atoms with Gasteiger partial charge in [-0.05, 0) is 13.0 Å². The lowest BCUT2D eigenvalue weighted by molar-refractivity contribution is 0.622. The van der Waals surface area contributed by atoms with Crippen molar-refractivity contribution in [3.05, 3.63) is 47.5 Å². The number of nitrogens with zero attached hydrogens (tertiary/aromatic N) is 4. The molecule has 7 heteroatoms. The number of aromatic amines is 1. The van der Waals surface area contributed by atoms with Crippen LogP contribution in [0.15, 0.2) is 31.0 Å². The second-order valence-corrected chi connectivity index (χ2v) is 3.80. The van der Waals surface area contributed by atoms with Gasteiger partial charge < -0.3 is 0 Å². The number of aromatic nitrogens is 5. The number of halogens is 2. The minimum atomic E-state index is -0.466. The van der Waals surface area contributed by atoms with E-state index in [4.69, 9.17) is 11.6 Å². The maximum atomic E-state index is 13.1. The zero-order valence-corrected chi connectivity index (χ0v) is 10.2. The summed E-state index contributed by atoms with van der Waals surface area (Å²) in [4.78, 5) is 11.9. The Labute approximate surface area is 107 Å². The molecule has 5 nitrogen and oxygen atoms in total. The first-order valence-electron chi connectivity index (χ1n) is 5.04. The third kappa shape index (κ3) is 2.98. The first-order chi connectivity index (χ1) is 8.66. The van der Waals surface area contributed by atoms with E-state index in [1.807, 2.05) is 0 Å². The van der Waals surface area contributed by atoms with Crippen LogP contribution in [0.1, 0.15) is 5.56 Å². The van der Waals surface area contributed by atoms with Crippen molar-refractivity contribution in [2.24, 2.45) is 0 Å². The van der Waals surface area contributed by atoms with Crippen LogP contribution in [0, 0.1) is 12.7 Å². The largest absolute Gasteiger partial charge is 0.268 e. The fraction of sp³-hybridized carbons (Fsp3) is 0.0909. The molecule has 0 bridgehead atoms. The fourth-order valence-corrected chi connectivity index (χ4v) is 1.32. The van der Waals surface area contributed by atoms with Crippen molar-refractivity contribution in [2.45, 2.75) is 6.92 Å². The molecule has 2 heterocycles. The molecule has 0 aliphatic carbocycles. The number of H-pyrrole nitrogens is 1. The Morgan fingerprint density at radius 2 is 2.11 bits per heavy atom. The van der Waals surface area contributed by atoms with Crippen molar-refractivity contribution < 1.29 is 4.39 Å². The number of hydrogen-bond donors (Lipinski definition) is 1. The fourth-order valence-electron chi connectivity index (χ4n) is 1.19. The summed E-state index contributed by atoms with van der Waals surface area (Å²) in [5.74, 6) is -0.212. The Kier molecular flexibility index (Phi) is 3.78. The SMILES string of the molecule is Cc1cn[nH]cnc(-c2cncc(F)c2)nc1Cl. The third-order valence-corrected chi connectivity index (χ3v) is 2.45. The van der Waals surface area contributed by atoms with Gasteiger partial charge >= 0.3 is 0 Å². The summed E-state index contributed by atoms with van der Waals surface area (Å²) in [5, 5.41) is 6.66. The number of rotatable bonds is 1. The highest BCUT2D eigenvalue weighted by Gasteiger charge is 2.03. The highest BCUT2D eigenvalue weighted by atomic mass is 35.5. The molecule has 0 aliphatic heterocycles. The van der Waals surface area contributed by atoms with Crippen molar-refractivity contribution >= 4 is 11.6 Å². The van der Waals surface area contributed by atoms with E-state index in [0.717, 1.165) is 6.20 Å². The maximum absolute atomic E-state index is 13.1. The lowest BCUT2D eigenvalue weighted by atomic mass is 10.2. The van der Waals surface area contributed by atoms with Gasteiger partial charge in [0.2, 0.25) is 0 Å². The minimum absolute atomic E-state index is 0.235. The molecule has 0 unspecified atom stereocenters. The lowest BCUT2D eigenvalue weighted by Crippen LogP contribution is -1.88. The summed E-state index contributed by atoms with van der Waals surface area (Å²) in [6, 6.07) is 1.28. The van der Waals surface area contributed by atoms with Gasteiger partial charge in [-0.25, -0.2) is 14.4 Å². The summed E-state index contributed by atoms with van der Waals surface area (Å²) >= 11 is 5.99. The molecule has 0 amide bonds. The summed E-state index contributed by atoms with van der Waals surface area (Å²) in [7, 11) is 0. The molecule has 0 spiro atoms. The number of pyridine rings is 1. The zero-order chi connectivity index (χ0) is 13.0. The van der Waals surface area contributed by atoms with Gasteiger partial charge in [-0.15, -0.1) is 0 Å². The van der Waals surface area contributed by atoms with Crippen LogP contribution in [0.25, 0.3) is 11.4 Å². The number of hydrogen-bond acceptors (Lipinski definition) is 4. The van der Waals surface area contributed by atoms with E-state index in [0.29, 0.717) is 11.1 Å². The van der Waals surface area contributed by atoms with Crippen LogP contribution in [-0.2, 0) is 0 Å². The molecule has 0 fully saturated rings. The molecule has 2 rings (SSSR count). The molecular formula is C11H9ClFN5. The highest BCUT2D eigenvalue weighted by molar-refractivity contribution is 6.30. The molecule has 0 saturated heterocycles. The summed E-state index contributed by atoms with van der Waals surface area (Å²) in [5.41, 5.74) is 1.09. The van der Waals surface area contributed by atoms with E-state index in [-0.39, 0.29) is 11.0 Å². The molecule has 92 valence electrons. The van der Waals surface area contributed by atoms with Crippen LogP contribution in [0.3, 0.4) is 0 Å². The molecule has 0 aliphatic rings. The lowest BCUT2D eigenvalue weighted by Gasteiger charge is -1.97. The predicted octanol–water partition coefficient (Wildman–Crippen LogP) is 2.49. The monoisotopic (exact) mass is 265 g/mol. The van der Waals surface area contributed by atoms with E-state index in [2.05, 4.69) is 25.1 Å². The van der Waals surface area contributed by atoms with Gasteiger partial charge in [0.15, 0.2) is 5.82 Å². The molecule has 1 N–H and O–H groups in total. The van der Waals surface area contributed by atoms with Gasteiger partial charge in [-0.3, -0.25) is 10.1 Å². The zero-order valence-electron chi connectivity index (χ0n) is 9.43. The van der Waals surface area contributed by atoms with Gasteiger partial charge in [0.1, 0.15) is 17.3 Å². The smallest absolute Gasteiger partial charge is 0.164 e. The minimum Gasteiger partial charge on any atom is -0.268 e. The van der Waals surface area contributed by atoms with Crippen LogP contribution >= 0.6 is 11.6 Å². The van der Waals surface area contributed by atoms with Crippen molar-refractivity contribution in [1.29, 1.82) is 0 Å². The van der Waals surface area contributed by atoms with Crippen LogP contribution < -0.4 is 0 Å². The van der Waals surface area contributed by atoms with E-state index >= 15 is 0 Å². The van der Waals surface area contributed by atoms with Gasteiger partial charge in [0.25, 0.3) is 0 Å². The maximum Gasteiger partial charge on any atom is 0.164 e. The standard InChI is InChI=1S/C11H9ClFN5/c1-7-3-16-17-6-15-11(18-10(7)12)8-2-9(13)5-14-4-8/h2-6H,1H3,(H,15,17,18). The van der Waals surface area contributed by atoms with Gasteiger partial charge in [0.05, 0.1) is 12.4 Å². The molecule has 2 aromatic rings. The number of nitrogens with one attached hydrogen (secondary N) is 1. The van der Waals surface area contributed by atoms with Crippen LogP contribution in [0.2, 0.25) is 5.15 Å². The molecule has 0 atom stereocenters. The van der Waals surface area contributed by atoms with E-state index < -0.39 is 5.82 Å². The molecule has 2 aromatic heterocycles. The second kappa shape index (κ2) is 5.50. The van der Waals surface area contributed by atoms with E-state index in [9.17, 15) is 4.39 Å². The summed E-state index contributed by atoms with van der Waals surface area (Å²) < 4.78 is 13.1. The van der Waals surface area contributed by atoms with Crippen LogP contribution in [-0.4, -0.2) is 25.1 Å². The Balaban J connectivity index is 2.65. The first-order valence-corrected chi connectivity index (χ1v) is 5.42. The molecule has 0 aromatic carbocycles. The number of aryl methyl sites for hydroxylation is 1. The third-order valence-electron chi connectivity index (χ3n) is 2.07. The van der Waals surface area contributed by atoms with Crippen molar-refractivity contribution in [3.8, 4) is 11.4 Å². The average molecular weight is 266 g/mol. The van der Waals surface area contributed by atoms with Crippen molar-refractivity contribution in [2.75, 3.05) is 0 Å². The Morgan fingerprint density at radius 3 is 2.89 bits per heavy atom. The van der Waals surface area contributed by atoms with Gasteiger partial charge in [0, 0.05) is 17.3 Å². The topological polar surface area (TPSA) is 67.3 Å². The summed E-state index contributed by atoms with van der Waals surface area (Å²) in [6.07, 6.45) is 5.41.